The third kappa shape index (κ3) is 3.70. The van der Waals surface area contributed by atoms with Crippen molar-refractivity contribution >= 4 is 5.91 Å². The first-order chi connectivity index (χ1) is 7.46. The first-order valence-electron chi connectivity index (χ1n) is 5.62. The zero-order valence-corrected chi connectivity index (χ0v) is 10.3. The molecule has 0 atom stereocenters. The Kier molecular flexibility index (Phi) is 4.12. The van der Waals surface area contributed by atoms with E-state index in [1.165, 1.54) is 0 Å². The van der Waals surface area contributed by atoms with Gasteiger partial charge in [0.05, 0.1) is 0 Å². The molecule has 4 heteroatoms. The molecular formula is C12H21N3O. The van der Waals surface area contributed by atoms with E-state index in [2.05, 4.69) is 12.2 Å². The lowest BCUT2D eigenvalue weighted by Gasteiger charge is -2.24. The molecule has 0 radical (unpaired) electrons. The van der Waals surface area contributed by atoms with Gasteiger partial charge < -0.3 is 15.6 Å². The summed E-state index contributed by atoms with van der Waals surface area (Å²) in [7, 11) is 0. The molecule has 0 saturated heterocycles. The molecule has 1 amide bonds. The molecule has 3 N–H and O–H groups in total. The van der Waals surface area contributed by atoms with Gasteiger partial charge in [-0.15, -0.1) is 0 Å². The molecule has 0 aromatic carbocycles. The minimum atomic E-state index is -0.138. The molecule has 1 heterocycles. The number of carbonyl (C=O) groups excluding carboxylic acids is 1. The lowest BCUT2D eigenvalue weighted by Crippen LogP contribution is -2.44. The number of hydrogen-bond donors (Lipinski definition) is 2. The van der Waals surface area contributed by atoms with Crippen LogP contribution in [0.5, 0.6) is 0 Å². The highest BCUT2D eigenvalue weighted by molar-refractivity contribution is 5.76. The molecule has 90 valence electrons. The summed E-state index contributed by atoms with van der Waals surface area (Å²) in [6, 6.07) is 1.93. The van der Waals surface area contributed by atoms with Crippen LogP contribution in [0.3, 0.4) is 0 Å². The summed E-state index contributed by atoms with van der Waals surface area (Å²) in [6.07, 6.45) is 4.69. The summed E-state index contributed by atoms with van der Waals surface area (Å²) in [4.78, 5) is 11.7. The third-order valence-corrected chi connectivity index (χ3v) is 2.74. The number of nitrogens with zero attached hydrogens (tertiary/aromatic N) is 1. The van der Waals surface area contributed by atoms with Crippen LogP contribution < -0.4 is 11.1 Å². The predicted octanol–water partition coefficient (Wildman–Crippen LogP) is 1.25. The maximum absolute atomic E-state index is 11.7. The van der Waals surface area contributed by atoms with Crippen LogP contribution in [-0.2, 0) is 17.9 Å². The third-order valence-electron chi connectivity index (χ3n) is 2.74. The quantitative estimate of drug-likeness (QED) is 0.789. The number of carbonyl (C=O) groups is 1. The van der Waals surface area contributed by atoms with Crippen molar-refractivity contribution < 1.29 is 4.79 Å². The molecule has 1 rings (SSSR count). The fraction of sp³-hybridized carbons (Fsp3) is 0.583. The molecule has 0 bridgehead atoms. The van der Waals surface area contributed by atoms with E-state index in [0.717, 1.165) is 12.0 Å². The van der Waals surface area contributed by atoms with Gasteiger partial charge in [-0.3, -0.25) is 4.79 Å². The van der Waals surface area contributed by atoms with Gasteiger partial charge in [-0.2, -0.15) is 0 Å². The van der Waals surface area contributed by atoms with Gasteiger partial charge in [-0.1, -0.05) is 6.92 Å². The van der Waals surface area contributed by atoms with Crippen LogP contribution in [0.2, 0.25) is 0 Å². The summed E-state index contributed by atoms with van der Waals surface area (Å²) in [5.74, 6) is 0.0334. The fourth-order valence-electron chi connectivity index (χ4n) is 1.38. The van der Waals surface area contributed by atoms with Gasteiger partial charge >= 0.3 is 0 Å². The second kappa shape index (κ2) is 5.16. The summed E-state index contributed by atoms with van der Waals surface area (Å²) in [5, 5.41) is 2.99. The van der Waals surface area contributed by atoms with Crippen LogP contribution in [0.25, 0.3) is 0 Å². The van der Waals surface area contributed by atoms with Crippen molar-refractivity contribution in [1.29, 1.82) is 0 Å². The highest BCUT2D eigenvalue weighted by Crippen LogP contribution is 2.07. The molecule has 0 saturated carbocycles. The first-order valence-corrected chi connectivity index (χ1v) is 5.62. The standard InChI is InChI=1S/C12H21N3O/c1-4-12(2,3)14-11(16)9-15-6-5-10(7-13)8-15/h5-6,8H,4,7,9,13H2,1-3H3,(H,14,16). The second-order valence-corrected chi connectivity index (χ2v) is 4.68. The topological polar surface area (TPSA) is 60.0 Å². The zero-order chi connectivity index (χ0) is 12.2. The van der Waals surface area contributed by atoms with Crippen molar-refractivity contribution in [3.05, 3.63) is 24.0 Å². The fourth-order valence-corrected chi connectivity index (χ4v) is 1.38. The smallest absolute Gasteiger partial charge is 0.240 e. The Morgan fingerprint density at radius 2 is 2.25 bits per heavy atom. The second-order valence-electron chi connectivity index (χ2n) is 4.68. The van der Waals surface area contributed by atoms with Crippen molar-refractivity contribution in [1.82, 2.24) is 9.88 Å². The van der Waals surface area contributed by atoms with Gasteiger partial charge in [-0.25, -0.2) is 0 Å². The molecule has 0 aliphatic carbocycles. The lowest BCUT2D eigenvalue weighted by molar-refractivity contribution is -0.123. The van der Waals surface area contributed by atoms with E-state index in [1.54, 1.807) is 0 Å². The van der Waals surface area contributed by atoms with Crippen LogP contribution in [0.1, 0.15) is 32.8 Å². The SMILES string of the molecule is CCC(C)(C)NC(=O)Cn1ccc(CN)c1. The molecule has 0 aliphatic heterocycles. The molecule has 0 aliphatic rings. The van der Waals surface area contributed by atoms with Gasteiger partial charge in [0.2, 0.25) is 5.91 Å². The van der Waals surface area contributed by atoms with E-state index in [9.17, 15) is 4.79 Å². The molecular weight excluding hydrogens is 202 g/mol. The average Bonchev–Trinajstić information content (AvgIpc) is 2.64. The van der Waals surface area contributed by atoms with Gasteiger partial charge in [0.1, 0.15) is 6.54 Å². The van der Waals surface area contributed by atoms with Crippen molar-refractivity contribution in [2.45, 2.75) is 45.8 Å². The van der Waals surface area contributed by atoms with Crippen molar-refractivity contribution in [3.63, 3.8) is 0 Å². The van der Waals surface area contributed by atoms with E-state index >= 15 is 0 Å². The highest BCUT2D eigenvalue weighted by atomic mass is 16.2. The van der Waals surface area contributed by atoms with Gasteiger partial charge in [0.15, 0.2) is 0 Å². The van der Waals surface area contributed by atoms with E-state index in [1.807, 2.05) is 36.9 Å². The maximum Gasteiger partial charge on any atom is 0.240 e. The van der Waals surface area contributed by atoms with Crippen LogP contribution in [0, 0.1) is 0 Å². The Balaban J connectivity index is 2.51. The average molecular weight is 223 g/mol. The predicted molar refractivity (Wildman–Crippen MR) is 64.8 cm³/mol. The van der Waals surface area contributed by atoms with E-state index < -0.39 is 0 Å². The lowest BCUT2D eigenvalue weighted by atomic mass is 10.0. The first kappa shape index (κ1) is 12.8. The molecule has 1 aromatic heterocycles. The Hall–Kier alpha value is -1.29. The van der Waals surface area contributed by atoms with E-state index in [0.29, 0.717) is 13.1 Å². The molecule has 0 fully saturated rings. The van der Waals surface area contributed by atoms with Crippen LogP contribution in [-0.4, -0.2) is 16.0 Å². The largest absolute Gasteiger partial charge is 0.350 e. The molecule has 1 aromatic rings. The monoisotopic (exact) mass is 223 g/mol. The molecule has 0 spiro atoms. The zero-order valence-electron chi connectivity index (χ0n) is 10.3. The number of aromatic nitrogens is 1. The van der Waals surface area contributed by atoms with Gasteiger partial charge in [0, 0.05) is 24.5 Å². The van der Waals surface area contributed by atoms with E-state index in [-0.39, 0.29) is 11.4 Å². The van der Waals surface area contributed by atoms with Crippen molar-refractivity contribution in [3.8, 4) is 0 Å². The normalized spacial score (nSPS) is 11.5. The number of rotatable bonds is 5. The molecule has 0 unspecified atom stereocenters. The Bertz CT molecular complexity index is 355. The van der Waals surface area contributed by atoms with E-state index in [4.69, 9.17) is 5.73 Å². The van der Waals surface area contributed by atoms with Crippen molar-refractivity contribution in [2.24, 2.45) is 5.73 Å². The van der Waals surface area contributed by atoms with Crippen LogP contribution >= 0.6 is 0 Å². The number of hydrogen-bond acceptors (Lipinski definition) is 2. The minimum absolute atomic E-state index is 0.0334. The number of amides is 1. The van der Waals surface area contributed by atoms with Gasteiger partial charge in [0.25, 0.3) is 0 Å². The summed E-state index contributed by atoms with van der Waals surface area (Å²) >= 11 is 0. The molecule has 16 heavy (non-hydrogen) atoms. The minimum Gasteiger partial charge on any atom is -0.350 e. The number of nitrogens with one attached hydrogen (secondary N) is 1. The maximum atomic E-state index is 11.7. The Morgan fingerprint density at radius 3 is 2.75 bits per heavy atom. The summed E-state index contributed by atoms with van der Waals surface area (Å²) in [6.45, 7) is 6.96. The molecule has 4 nitrogen and oxygen atoms in total. The van der Waals surface area contributed by atoms with Crippen molar-refractivity contribution in [2.75, 3.05) is 0 Å². The summed E-state index contributed by atoms with van der Waals surface area (Å²) < 4.78 is 1.85. The summed E-state index contributed by atoms with van der Waals surface area (Å²) in [5.41, 5.74) is 6.41. The van der Waals surface area contributed by atoms with Crippen LogP contribution in [0.15, 0.2) is 18.5 Å². The van der Waals surface area contributed by atoms with Gasteiger partial charge in [-0.05, 0) is 31.9 Å². The Labute approximate surface area is 96.8 Å². The highest BCUT2D eigenvalue weighted by Gasteiger charge is 2.17. The number of nitrogens with two attached hydrogens (primary N) is 1. The Morgan fingerprint density at radius 1 is 1.56 bits per heavy atom. The van der Waals surface area contributed by atoms with Crippen LogP contribution in [0.4, 0.5) is 0 Å².